The van der Waals surface area contributed by atoms with Gasteiger partial charge in [-0.1, -0.05) is 36.4 Å². The molecule has 2 aromatic heterocycles. The van der Waals surface area contributed by atoms with E-state index in [2.05, 4.69) is 53.9 Å². The van der Waals surface area contributed by atoms with Gasteiger partial charge < -0.3 is 14.6 Å². The van der Waals surface area contributed by atoms with Gasteiger partial charge in [-0.05, 0) is 60.7 Å². The average molecular weight is 508 g/mol. The number of imide groups is 1. The summed E-state index contributed by atoms with van der Waals surface area (Å²) in [5, 5.41) is 6.04. The van der Waals surface area contributed by atoms with Gasteiger partial charge in [-0.15, -0.1) is 0 Å². The number of amides is 3. The molecule has 0 saturated carbocycles. The third-order valence-corrected chi connectivity index (χ3v) is 7.61. The SMILES string of the molecule is CC(C)(NCc1cc(-c2ccc3c(c2)CN(C2CCC(=O)NC2=O)C3=O)c2nccn2c1)c1ccccc1. The predicted octanol–water partition coefficient (Wildman–Crippen LogP) is 3.79. The Balaban J connectivity index is 1.29. The predicted molar refractivity (Wildman–Crippen MR) is 143 cm³/mol. The van der Waals surface area contributed by atoms with E-state index in [0.29, 0.717) is 25.1 Å². The lowest BCUT2D eigenvalue weighted by molar-refractivity contribution is -0.136. The lowest BCUT2D eigenvalue weighted by Crippen LogP contribution is -2.52. The van der Waals surface area contributed by atoms with Crippen LogP contribution in [-0.4, -0.2) is 38.0 Å². The fraction of sp³-hybridized carbons (Fsp3) is 0.267. The maximum absolute atomic E-state index is 13.1. The van der Waals surface area contributed by atoms with Crippen molar-refractivity contribution in [3.05, 3.63) is 95.4 Å². The second-order valence-electron chi connectivity index (χ2n) is 10.5. The summed E-state index contributed by atoms with van der Waals surface area (Å²) in [6.07, 6.45) is 6.39. The van der Waals surface area contributed by atoms with Gasteiger partial charge in [0, 0.05) is 54.8 Å². The van der Waals surface area contributed by atoms with Crippen molar-refractivity contribution < 1.29 is 14.4 Å². The van der Waals surface area contributed by atoms with Crippen LogP contribution in [0.1, 0.15) is 53.7 Å². The number of rotatable bonds is 6. The molecule has 0 radical (unpaired) electrons. The number of carbonyl (C=O) groups excluding carboxylic acids is 3. The molecule has 4 aromatic rings. The quantitative estimate of drug-likeness (QED) is 0.387. The molecule has 4 heterocycles. The largest absolute Gasteiger partial charge is 0.322 e. The van der Waals surface area contributed by atoms with E-state index in [0.717, 1.165) is 27.9 Å². The molecule has 2 N–H and O–H groups in total. The first-order valence-corrected chi connectivity index (χ1v) is 12.8. The van der Waals surface area contributed by atoms with E-state index in [-0.39, 0.29) is 23.8 Å². The monoisotopic (exact) mass is 507 g/mol. The van der Waals surface area contributed by atoms with Crippen molar-refractivity contribution in [3.63, 3.8) is 0 Å². The van der Waals surface area contributed by atoms with Crippen LogP contribution in [0.15, 0.2) is 73.2 Å². The normalized spacial score (nSPS) is 17.7. The average Bonchev–Trinajstić information content (AvgIpc) is 3.52. The minimum absolute atomic E-state index is 0.173. The molecule has 192 valence electrons. The number of hydrogen-bond acceptors (Lipinski definition) is 5. The highest BCUT2D eigenvalue weighted by atomic mass is 16.2. The van der Waals surface area contributed by atoms with Crippen molar-refractivity contribution in [3.8, 4) is 11.1 Å². The highest BCUT2D eigenvalue weighted by molar-refractivity contribution is 6.05. The molecule has 8 nitrogen and oxygen atoms in total. The lowest BCUT2D eigenvalue weighted by Gasteiger charge is -2.29. The first kappa shape index (κ1) is 24.1. The molecule has 3 amide bonds. The number of pyridine rings is 1. The fourth-order valence-electron chi connectivity index (χ4n) is 5.42. The maximum atomic E-state index is 13.1. The minimum atomic E-state index is -0.627. The van der Waals surface area contributed by atoms with Gasteiger partial charge in [0.1, 0.15) is 11.7 Å². The number of carbonyl (C=O) groups is 3. The Morgan fingerprint density at radius 1 is 1.05 bits per heavy atom. The first-order chi connectivity index (χ1) is 18.3. The van der Waals surface area contributed by atoms with Crippen molar-refractivity contribution in [1.29, 1.82) is 0 Å². The number of nitrogens with zero attached hydrogens (tertiary/aromatic N) is 3. The fourth-order valence-corrected chi connectivity index (χ4v) is 5.42. The second kappa shape index (κ2) is 9.22. The molecule has 6 rings (SSSR count). The molecule has 38 heavy (non-hydrogen) atoms. The number of fused-ring (bicyclic) bond motifs is 2. The van der Waals surface area contributed by atoms with E-state index < -0.39 is 11.9 Å². The summed E-state index contributed by atoms with van der Waals surface area (Å²) in [7, 11) is 0. The highest BCUT2D eigenvalue weighted by Crippen LogP contribution is 2.33. The number of aromatic nitrogens is 2. The van der Waals surface area contributed by atoms with Gasteiger partial charge in [-0.2, -0.15) is 0 Å². The van der Waals surface area contributed by atoms with Crippen molar-refractivity contribution in [2.45, 2.75) is 51.4 Å². The number of hydrogen-bond donors (Lipinski definition) is 2. The topological polar surface area (TPSA) is 95.8 Å². The number of nitrogens with one attached hydrogen (secondary N) is 2. The van der Waals surface area contributed by atoms with E-state index >= 15 is 0 Å². The van der Waals surface area contributed by atoms with Crippen molar-refractivity contribution >= 4 is 23.4 Å². The standard InChI is InChI=1S/C30H29N5O3/c1-30(2,22-6-4-3-5-7-22)32-16-19-14-24(27-31-12-13-34(27)17-19)20-8-9-23-21(15-20)18-35(29(23)38)25-10-11-26(36)33-28(25)37/h3-9,12-15,17,25,32H,10-11,16,18H2,1-2H3,(H,33,36,37). The Kier molecular flexibility index (Phi) is 5.84. The van der Waals surface area contributed by atoms with Crippen LogP contribution in [0.4, 0.5) is 0 Å². The number of piperidine rings is 1. The molecule has 0 spiro atoms. The smallest absolute Gasteiger partial charge is 0.255 e. The zero-order chi connectivity index (χ0) is 26.4. The van der Waals surface area contributed by atoms with Gasteiger partial charge in [0.2, 0.25) is 11.8 Å². The van der Waals surface area contributed by atoms with Crippen molar-refractivity contribution in [2.75, 3.05) is 0 Å². The van der Waals surface area contributed by atoms with Gasteiger partial charge in [-0.3, -0.25) is 19.7 Å². The summed E-state index contributed by atoms with van der Waals surface area (Å²) in [5.74, 6) is -0.864. The third kappa shape index (κ3) is 4.26. The van der Waals surface area contributed by atoms with Crippen LogP contribution in [0.2, 0.25) is 0 Å². The van der Waals surface area contributed by atoms with Crippen molar-refractivity contribution in [1.82, 2.24) is 24.9 Å². The zero-order valence-corrected chi connectivity index (χ0v) is 21.4. The van der Waals surface area contributed by atoms with Crippen LogP contribution in [0.5, 0.6) is 0 Å². The van der Waals surface area contributed by atoms with Gasteiger partial charge in [0.05, 0.1) is 0 Å². The van der Waals surface area contributed by atoms with Gasteiger partial charge in [-0.25, -0.2) is 4.98 Å². The zero-order valence-electron chi connectivity index (χ0n) is 21.4. The molecule has 2 aliphatic rings. The molecule has 8 heteroatoms. The second-order valence-corrected chi connectivity index (χ2v) is 10.5. The molecule has 2 aliphatic heterocycles. The van der Waals surface area contributed by atoms with Gasteiger partial charge >= 0.3 is 0 Å². The summed E-state index contributed by atoms with van der Waals surface area (Å²) in [6.45, 7) is 5.34. The summed E-state index contributed by atoms with van der Waals surface area (Å²) >= 11 is 0. The first-order valence-electron chi connectivity index (χ1n) is 12.8. The van der Waals surface area contributed by atoms with Gasteiger partial charge in [0.25, 0.3) is 5.91 Å². The molecule has 2 aromatic carbocycles. The molecular weight excluding hydrogens is 478 g/mol. The minimum Gasteiger partial charge on any atom is -0.322 e. The van der Waals surface area contributed by atoms with E-state index in [4.69, 9.17) is 0 Å². The third-order valence-electron chi connectivity index (χ3n) is 7.61. The Morgan fingerprint density at radius 3 is 2.66 bits per heavy atom. The number of benzene rings is 2. The maximum Gasteiger partial charge on any atom is 0.255 e. The van der Waals surface area contributed by atoms with Crippen molar-refractivity contribution in [2.24, 2.45) is 0 Å². The van der Waals surface area contributed by atoms with Crippen LogP contribution in [0.3, 0.4) is 0 Å². The van der Waals surface area contributed by atoms with Crippen LogP contribution >= 0.6 is 0 Å². The van der Waals surface area contributed by atoms with Crippen LogP contribution < -0.4 is 10.6 Å². The molecule has 0 aliphatic carbocycles. The van der Waals surface area contributed by atoms with E-state index in [1.807, 2.05) is 47.0 Å². The van der Waals surface area contributed by atoms with Crippen LogP contribution in [0, 0.1) is 0 Å². The Hall–Kier alpha value is -4.30. The summed E-state index contributed by atoms with van der Waals surface area (Å²) in [5.41, 5.74) is 6.35. The van der Waals surface area contributed by atoms with Crippen LogP contribution in [-0.2, 0) is 28.2 Å². The number of imidazole rings is 1. The van der Waals surface area contributed by atoms with Crippen LogP contribution in [0.25, 0.3) is 16.8 Å². The molecule has 1 saturated heterocycles. The molecule has 1 atom stereocenters. The molecule has 0 bridgehead atoms. The molecular formula is C30H29N5O3. The Bertz CT molecular complexity index is 1570. The summed E-state index contributed by atoms with van der Waals surface area (Å²) in [4.78, 5) is 43.3. The Labute approximate surface area is 220 Å². The Morgan fingerprint density at radius 2 is 1.87 bits per heavy atom. The highest BCUT2D eigenvalue weighted by Gasteiger charge is 2.39. The summed E-state index contributed by atoms with van der Waals surface area (Å²) < 4.78 is 2.02. The lowest BCUT2D eigenvalue weighted by atomic mass is 9.94. The van der Waals surface area contributed by atoms with E-state index in [9.17, 15) is 14.4 Å². The van der Waals surface area contributed by atoms with Gasteiger partial charge in [0.15, 0.2) is 0 Å². The molecule has 1 unspecified atom stereocenters. The van der Waals surface area contributed by atoms with E-state index in [1.54, 1.807) is 11.1 Å². The van der Waals surface area contributed by atoms with E-state index in [1.165, 1.54) is 5.56 Å². The molecule has 1 fully saturated rings. The summed E-state index contributed by atoms with van der Waals surface area (Å²) in [6, 6.07) is 17.7.